The SMILES string of the molecule is CCCCCCCCCC(=O)N1CCN(C(=O)CCCCSc2nnc(Cc3ccccc3)n2-c2ccc(C)cc2)CC1C. The van der Waals surface area contributed by atoms with Crippen LogP contribution in [0.5, 0.6) is 0 Å². The largest absolute Gasteiger partial charge is 0.339 e. The van der Waals surface area contributed by atoms with E-state index in [0.29, 0.717) is 38.9 Å². The molecule has 1 atom stereocenters. The molecule has 1 aromatic heterocycles. The van der Waals surface area contributed by atoms with Gasteiger partial charge in [-0.1, -0.05) is 105 Å². The quantitative estimate of drug-likeness (QED) is 0.115. The lowest BCUT2D eigenvalue weighted by Gasteiger charge is -2.40. The van der Waals surface area contributed by atoms with Crippen molar-refractivity contribution in [1.82, 2.24) is 24.6 Å². The van der Waals surface area contributed by atoms with Crippen LogP contribution in [0.15, 0.2) is 59.8 Å². The summed E-state index contributed by atoms with van der Waals surface area (Å²) in [5, 5.41) is 10.0. The molecule has 0 saturated carbocycles. The van der Waals surface area contributed by atoms with Crippen molar-refractivity contribution in [3.63, 3.8) is 0 Å². The predicted molar refractivity (Wildman–Crippen MR) is 180 cm³/mol. The molecule has 1 unspecified atom stereocenters. The second kappa shape index (κ2) is 18.0. The average Bonchev–Trinajstić information content (AvgIpc) is 3.42. The third-order valence-corrected chi connectivity index (χ3v) is 9.52. The number of rotatable bonds is 17. The molecule has 3 aromatic rings. The fraction of sp³-hybridized carbons (Fsp3) is 0.556. The van der Waals surface area contributed by atoms with Crippen LogP contribution in [-0.2, 0) is 16.0 Å². The van der Waals surface area contributed by atoms with Crippen molar-refractivity contribution in [3.8, 4) is 5.69 Å². The highest BCUT2D eigenvalue weighted by Crippen LogP contribution is 2.25. The van der Waals surface area contributed by atoms with Gasteiger partial charge in [0.1, 0.15) is 5.82 Å². The third-order valence-electron chi connectivity index (χ3n) is 8.51. The lowest BCUT2D eigenvalue weighted by Crippen LogP contribution is -2.55. The number of nitrogens with zero attached hydrogens (tertiary/aromatic N) is 5. The van der Waals surface area contributed by atoms with Gasteiger partial charge in [0.2, 0.25) is 11.8 Å². The van der Waals surface area contributed by atoms with E-state index in [1.54, 1.807) is 11.8 Å². The van der Waals surface area contributed by atoms with Gasteiger partial charge in [-0.05, 0) is 50.8 Å². The molecular weight excluding hydrogens is 566 g/mol. The van der Waals surface area contributed by atoms with E-state index in [0.717, 1.165) is 48.1 Å². The summed E-state index contributed by atoms with van der Waals surface area (Å²) in [6, 6.07) is 18.9. The normalized spacial score (nSPS) is 15.1. The van der Waals surface area contributed by atoms with Gasteiger partial charge in [0, 0.05) is 56.4 Å². The van der Waals surface area contributed by atoms with Crippen LogP contribution in [0.2, 0.25) is 0 Å². The summed E-state index contributed by atoms with van der Waals surface area (Å²) in [7, 11) is 0. The highest BCUT2D eigenvalue weighted by molar-refractivity contribution is 7.99. The van der Waals surface area contributed by atoms with E-state index in [4.69, 9.17) is 0 Å². The van der Waals surface area contributed by atoms with E-state index in [1.807, 2.05) is 15.9 Å². The van der Waals surface area contributed by atoms with Crippen LogP contribution in [0.1, 0.15) is 101 Å². The Morgan fingerprint density at radius 3 is 2.23 bits per heavy atom. The number of piperazine rings is 1. The number of carbonyl (C=O) groups excluding carboxylic acids is 2. The van der Waals surface area contributed by atoms with Crippen LogP contribution >= 0.6 is 11.8 Å². The number of benzene rings is 2. The highest BCUT2D eigenvalue weighted by atomic mass is 32.2. The molecule has 0 spiro atoms. The van der Waals surface area contributed by atoms with E-state index in [2.05, 4.69) is 84.1 Å². The minimum absolute atomic E-state index is 0.0820. The second-order valence-electron chi connectivity index (χ2n) is 12.2. The van der Waals surface area contributed by atoms with Crippen molar-refractivity contribution in [2.45, 2.75) is 109 Å². The molecule has 8 heteroatoms. The maximum atomic E-state index is 13.0. The van der Waals surface area contributed by atoms with Crippen molar-refractivity contribution < 1.29 is 9.59 Å². The van der Waals surface area contributed by atoms with Crippen LogP contribution in [0.25, 0.3) is 5.69 Å². The van der Waals surface area contributed by atoms with Gasteiger partial charge >= 0.3 is 0 Å². The minimum atomic E-state index is 0.0820. The highest BCUT2D eigenvalue weighted by Gasteiger charge is 2.29. The maximum absolute atomic E-state index is 13.0. The number of hydrogen-bond donors (Lipinski definition) is 0. The smallest absolute Gasteiger partial charge is 0.222 e. The maximum Gasteiger partial charge on any atom is 0.222 e. The number of aromatic nitrogens is 3. The number of thioether (sulfide) groups is 1. The molecule has 0 radical (unpaired) electrons. The zero-order chi connectivity index (χ0) is 31.1. The Kier molecular flexibility index (Phi) is 13.8. The molecular formula is C36H51N5O2S. The standard InChI is InChI=1S/C36H51N5O2S/c1-4-5-6-7-8-9-13-19-35(43)40-25-24-39(28-30(40)3)34(42)18-14-15-26-44-36-38-37-33(27-31-16-11-10-12-17-31)41(36)32-22-20-29(2)21-23-32/h10-12,16-17,20-23,30H,4-9,13-15,18-19,24-28H2,1-3H3. The van der Waals surface area contributed by atoms with Crippen LogP contribution in [0.3, 0.4) is 0 Å². The number of aryl methyl sites for hydroxylation is 1. The first kappa shape index (κ1) is 33.8. The van der Waals surface area contributed by atoms with Crippen molar-refractivity contribution in [3.05, 3.63) is 71.5 Å². The van der Waals surface area contributed by atoms with Gasteiger partial charge < -0.3 is 9.80 Å². The fourth-order valence-corrected chi connectivity index (χ4v) is 6.84. The summed E-state index contributed by atoms with van der Waals surface area (Å²) < 4.78 is 2.16. The van der Waals surface area contributed by atoms with E-state index in [9.17, 15) is 9.59 Å². The van der Waals surface area contributed by atoms with Gasteiger partial charge in [-0.15, -0.1) is 10.2 Å². The summed E-state index contributed by atoms with van der Waals surface area (Å²) >= 11 is 1.70. The molecule has 7 nitrogen and oxygen atoms in total. The summed E-state index contributed by atoms with van der Waals surface area (Å²) in [4.78, 5) is 29.8. The van der Waals surface area contributed by atoms with Crippen LogP contribution in [0, 0.1) is 6.92 Å². The lowest BCUT2D eigenvalue weighted by molar-refractivity contribution is -0.142. The number of amides is 2. The molecule has 238 valence electrons. The Morgan fingerprint density at radius 2 is 1.50 bits per heavy atom. The molecule has 0 bridgehead atoms. The fourth-order valence-electron chi connectivity index (χ4n) is 5.87. The van der Waals surface area contributed by atoms with Gasteiger partial charge in [0.25, 0.3) is 0 Å². The van der Waals surface area contributed by atoms with Crippen molar-refractivity contribution in [2.75, 3.05) is 25.4 Å². The van der Waals surface area contributed by atoms with E-state index >= 15 is 0 Å². The van der Waals surface area contributed by atoms with Gasteiger partial charge in [-0.2, -0.15) is 0 Å². The van der Waals surface area contributed by atoms with E-state index in [1.165, 1.54) is 43.2 Å². The molecule has 2 heterocycles. The summed E-state index contributed by atoms with van der Waals surface area (Å²) in [6.07, 6.45) is 12.2. The molecule has 2 aromatic carbocycles. The molecule has 1 aliphatic heterocycles. The molecule has 1 saturated heterocycles. The topological polar surface area (TPSA) is 71.3 Å². The minimum Gasteiger partial charge on any atom is -0.339 e. The Hall–Kier alpha value is -3.13. The van der Waals surface area contributed by atoms with Crippen LogP contribution in [-0.4, -0.2) is 67.8 Å². The summed E-state index contributed by atoms with van der Waals surface area (Å²) in [6.45, 7) is 8.34. The molecule has 1 fully saturated rings. The number of hydrogen-bond acceptors (Lipinski definition) is 5. The number of carbonyl (C=O) groups is 2. The molecule has 2 amide bonds. The Labute approximate surface area is 268 Å². The van der Waals surface area contributed by atoms with E-state index < -0.39 is 0 Å². The second-order valence-corrected chi connectivity index (χ2v) is 13.2. The molecule has 1 aliphatic rings. The first-order valence-corrected chi connectivity index (χ1v) is 17.7. The molecule has 44 heavy (non-hydrogen) atoms. The zero-order valence-corrected chi connectivity index (χ0v) is 27.9. The first-order valence-electron chi connectivity index (χ1n) is 16.7. The van der Waals surface area contributed by atoms with Gasteiger partial charge in [-0.25, -0.2) is 0 Å². The van der Waals surface area contributed by atoms with Crippen molar-refractivity contribution >= 4 is 23.6 Å². The molecule has 0 aliphatic carbocycles. The summed E-state index contributed by atoms with van der Waals surface area (Å²) in [5.74, 6) is 2.25. The average molecular weight is 618 g/mol. The van der Waals surface area contributed by atoms with Crippen molar-refractivity contribution in [1.29, 1.82) is 0 Å². The molecule has 4 rings (SSSR count). The van der Waals surface area contributed by atoms with Crippen molar-refractivity contribution in [2.24, 2.45) is 0 Å². The lowest BCUT2D eigenvalue weighted by atomic mass is 10.1. The Balaban J connectivity index is 1.19. The number of unbranched alkanes of at least 4 members (excludes halogenated alkanes) is 7. The predicted octanol–water partition coefficient (Wildman–Crippen LogP) is 7.63. The third kappa shape index (κ3) is 10.2. The van der Waals surface area contributed by atoms with Gasteiger partial charge in [0.15, 0.2) is 5.16 Å². The first-order chi connectivity index (χ1) is 21.5. The molecule has 0 N–H and O–H groups in total. The summed E-state index contributed by atoms with van der Waals surface area (Å²) in [5.41, 5.74) is 3.49. The van der Waals surface area contributed by atoms with E-state index in [-0.39, 0.29) is 17.9 Å². The van der Waals surface area contributed by atoms with Gasteiger partial charge in [-0.3, -0.25) is 14.2 Å². The van der Waals surface area contributed by atoms with Gasteiger partial charge in [0.05, 0.1) is 0 Å². The Morgan fingerprint density at radius 1 is 0.818 bits per heavy atom. The zero-order valence-electron chi connectivity index (χ0n) is 27.0. The Bertz CT molecular complexity index is 1290. The monoisotopic (exact) mass is 617 g/mol. The van der Waals surface area contributed by atoms with Crippen LogP contribution < -0.4 is 0 Å². The van der Waals surface area contributed by atoms with Crippen LogP contribution in [0.4, 0.5) is 0 Å².